The van der Waals surface area contributed by atoms with Gasteiger partial charge in [-0.25, -0.2) is 4.98 Å². The lowest BCUT2D eigenvalue weighted by Crippen LogP contribution is -2.30. The Hall–Kier alpha value is -2.14. The molecule has 0 unspecified atom stereocenters. The first-order valence-electron chi connectivity index (χ1n) is 6.35. The summed E-state index contributed by atoms with van der Waals surface area (Å²) in [6.07, 6.45) is 3.37. The summed E-state index contributed by atoms with van der Waals surface area (Å²) in [5.74, 6) is -0.0931. The predicted octanol–water partition coefficient (Wildman–Crippen LogP) is 1.51. The van der Waals surface area contributed by atoms with Gasteiger partial charge in [0.05, 0.1) is 6.33 Å². The molecule has 1 aromatic heterocycles. The molecule has 0 spiro atoms. The van der Waals surface area contributed by atoms with E-state index >= 15 is 0 Å². The number of rotatable bonds is 5. The molecule has 0 radical (unpaired) electrons. The number of hydrogen-bond acceptors (Lipinski definition) is 3. The summed E-state index contributed by atoms with van der Waals surface area (Å²) in [6, 6.07) is 9.59. The van der Waals surface area contributed by atoms with Crippen LogP contribution in [0.15, 0.2) is 42.9 Å². The van der Waals surface area contributed by atoms with Crippen molar-refractivity contribution in [2.24, 2.45) is 5.73 Å². The molecule has 0 aliphatic carbocycles. The van der Waals surface area contributed by atoms with E-state index in [0.29, 0.717) is 25.3 Å². The number of anilines is 1. The zero-order valence-electron chi connectivity index (χ0n) is 11.0. The maximum atomic E-state index is 12.4. The van der Waals surface area contributed by atoms with Gasteiger partial charge in [-0.2, -0.15) is 0 Å². The summed E-state index contributed by atoms with van der Waals surface area (Å²) in [5.41, 5.74) is 6.80. The highest BCUT2D eigenvalue weighted by Crippen LogP contribution is 2.15. The molecule has 2 aromatic rings. The molecule has 0 saturated carbocycles. The minimum Gasteiger partial charge on any atom is -0.335 e. The van der Waals surface area contributed by atoms with E-state index in [2.05, 4.69) is 4.98 Å². The summed E-state index contributed by atoms with van der Waals surface area (Å²) < 4.78 is 1.83. The van der Waals surface area contributed by atoms with E-state index in [-0.39, 0.29) is 5.91 Å². The van der Waals surface area contributed by atoms with Crippen molar-refractivity contribution < 1.29 is 4.79 Å². The molecule has 0 aliphatic rings. The summed E-state index contributed by atoms with van der Waals surface area (Å²) in [6.45, 7) is 3.74. The Morgan fingerprint density at radius 3 is 2.74 bits per heavy atom. The van der Waals surface area contributed by atoms with Gasteiger partial charge in [0.15, 0.2) is 0 Å². The van der Waals surface area contributed by atoms with Gasteiger partial charge in [0, 0.05) is 31.5 Å². The Labute approximate surface area is 112 Å². The third kappa shape index (κ3) is 3.00. The van der Waals surface area contributed by atoms with Crippen molar-refractivity contribution in [2.45, 2.75) is 13.5 Å². The third-order valence-corrected chi connectivity index (χ3v) is 2.87. The number of carbonyl (C=O) groups excluding carboxylic acids is 1. The molecule has 0 aliphatic heterocycles. The van der Waals surface area contributed by atoms with Crippen LogP contribution >= 0.6 is 0 Å². The quantitative estimate of drug-likeness (QED) is 0.884. The van der Waals surface area contributed by atoms with Crippen molar-refractivity contribution in [1.82, 2.24) is 9.55 Å². The van der Waals surface area contributed by atoms with Crippen LogP contribution in [-0.2, 0) is 6.54 Å². The van der Waals surface area contributed by atoms with Crippen molar-refractivity contribution in [2.75, 3.05) is 18.0 Å². The van der Waals surface area contributed by atoms with Gasteiger partial charge >= 0.3 is 0 Å². The predicted molar refractivity (Wildman–Crippen MR) is 75.1 cm³/mol. The zero-order valence-corrected chi connectivity index (χ0v) is 11.0. The van der Waals surface area contributed by atoms with E-state index in [1.807, 2.05) is 41.8 Å². The second-order valence-corrected chi connectivity index (χ2v) is 4.17. The van der Waals surface area contributed by atoms with Crippen LogP contribution in [0, 0.1) is 0 Å². The number of hydrogen-bond donors (Lipinski definition) is 1. The highest BCUT2D eigenvalue weighted by Gasteiger charge is 2.18. The third-order valence-electron chi connectivity index (χ3n) is 2.87. The highest BCUT2D eigenvalue weighted by atomic mass is 16.2. The van der Waals surface area contributed by atoms with E-state index in [4.69, 9.17) is 5.73 Å². The maximum Gasteiger partial charge on any atom is 0.278 e. The molecule has 5 nitrogen and oxygen atoms in total. The van der Waals surface area contributed by atoms with E-state index in [1.54, 1.807) is 17.4 Å². The van der Waals surface area contributed by atoms with Crippen LogP contribution in [0.5, 0.6) is 0 Å². The van der Waals surface area contributed by atoms with E-state index in [1.165, 1.54) is 0 Å². The Morgan fingerprint density at radius 2 is 2.11 bits per heavy atom. The number of nitrogens with two attached hydrogens (primary N) is 1. The molecule has 0 bridgehead atoms. The summed E-state index contributed by atoms with van der Waals surface area (Å²) >= 11 is 0. The van der Waals surface area contributed by atoms with E-state index in [9.17, 15) is 4.79 Å². The Bertz CT molecular complexity index is 535. The molecule has 0 atom stereocenters. The summed E-state index contributed by atoms with van der Waals surface area (Å²) in [4.78, 5) is 18.3. The number of para-hydroxylation sites is 1. The fraction of sp³-hybridized carbons (Fsp3) is 0.286. The fourth-order valence-corrected chi connectivity index (χ4v) is 1.93. The van der Waals surface area contributed by atoms with Crippen molar-refractivity contribution in [3.63, 3.8) is 0 Å². The molecule has 19 heavy (non-hydrogen) atoms. The van der Waals surface area contributed by atoms with Gasteiger partial charge < -0.3 is 15.2 Å². The standard InChI is InChI=1S/C14H18N4O/c1-2-18(12-6-4-3-5-7-12)14(19)13-10-17(9-8-15)11-16-13/h3-7,10-11H,2,8-9,15H2,1H3. The lowest BCUT2D eigenvalue weighted by Gasteiger charge is -2.19. The molecule has 1 heterocycles. The fourth-order valence-electron chi connectivity index (χ4n) is 1.93. The second-order valence-electron chi connectivity index (χ2n) is 4.17. The molecule has 5 heteroatoms. The monoisotopic (exact) mass is 258 g/mol. The first-order valence-corrected chi connectivity index (χ1v) is 6.35. The number of aromatic nitrogens is 2. The minimum absolute atomic E-state index is 0.0931. The molecule has 0 saturated heterocycles. The topological polar surface area (TPSA) is 64.2 Å². The average molecular weight is 258 g/mol. The van der Waals surface area contributed by atoms with Crippen LogP contribution in [0.3, 0.4) is 0 Å². The Kier molecular flexibility index (Phi) is 4.30. The largest absolute Gasteiger partial charge is 0.335 e. The maximum absolute atomic E-state index is 12.4. The zero-order chi connectivity index (χ0) is 13.7. The van der Waals surface area contributed by atoms with Crippen molar-refractivity contribution >= 4 is 11.6 Å². The van der Waals surface area contributed by atoms with Gasteiger partial charge in [0.2, 0.25) is 0 Å². The SMILES string of the molecule is CCN(C(=O)c1cn(CCN)cn1)c1ccccc1. The van der Waals surface area contributed by atoms with Crippen LogP contribution < -0.4 is 10.6 Å². The molecule has 100 valence electrons. The van der Waals surface area contributed by atoms with Gasteiger partial charge in [0.1, 0.15) is 5.69 Å². The van der Waals surface area contributed by atoms with Crippen molar-refractivity contribution in [1.29, 1.82) is 0 Å². The molecular formula is C14H18N4O. The van der Waals surface area contributed by atoms with Crippen LogP contribution in [0.1, 0.15) is 17.4 Å². The number of amides is 1. The highest BCUT2D eigenvalue weighted by molar-refractivity contribution is 6.04. The number of benzene rings is 1. The average Bonchev–Trinajstić information content (AvgIpc) is 2.90. The lowest BCUT2D eigenvalue weighted by atomic mass is 10.2. The summed E-state index contributed by atoms with van der Waals surface area (Å²) in [7, 11) is 0. The van der Waals surface area contributed by atoms with Crippen LogP contribution in [-0.4, -0.2) is 28.5 Å². The van der Waals surface area contributed by atoms with E-state index < -0.39 is 0 Å². The Morgan fingerprint density at radius 1 is 1.37 bits per heavy atom. The molecule has 1 aromatic carbocycles. The number of carbonyl (C=O) groups is 1. The normalized spacial score (nSPS) is 10.4. The first kappa shape index (κ1) is 13.3. The molecule has 2 rings (SSSR count). The van der Waals surface area contributed by atoms with Gasteiger partial charge in [0.25, 0.3) is 5.91 Å². The minimum atomic E-state index is -0.0931. The molecule has 2 N–H and O–H groups in total. The van der Waals surface area contributed by atoms with Crippen molar-refractivity contribution in [3.05, 3.63) is 48.5 Å². The van der Waals surface area contributed by atoms with Crippen LogP contribution in [0.4, 0.5) is 5.69 Å². The molecular weight excluding hydrogens is 240 g/mol. The summed E-state index contributed by atoms with van der Waals surface area (Å²) in [5, 5.41) is 0. The first-order chi connectivity index (χ1) is 9.26. The Balaban J connectivity index is 2.20. The number of nitrogens with zero attached hydrogens (tertiary/aromatic N) is 3. The van der Waals surface area contributed by atoms with Gasteiger partial charge in [-0.3, -0.25) is 4.79 Å². The number of imidazole rings is 1. The van der Waals surface area contributed by atoms with Crippen LogP contribution in [0.25, 0.3) is 0 Å². The smallest absolute Gasteiger partial charge is 0.278 e. The molecule has 0 fully saturated rings. The van der Waals surface area contributed by atoms with E-state index in [0.717, 1.165) is 5.69 Å². The van der Waals surface area contributed by atoms with Gasteiger partial charge in [-0.15, -0.1) is 0 Å². The molecule has 1 amide bonds. The van der Waals surface area contributed by atoms with Gasteiger partial charge in [-0.1, -0.05) is 18.2 Å². The second kappa shape index (κ2) is 6.15. The van der Waals surface area contributed by atoms with Gasteiger partial charge in [-0.05, 0) is 19.1 Å². The lowest BCUT2D eigenvalue weighted by molar-refractivity contribution is 0.0984. The van der Waals surface area contributed by atoms with Crippen LogP contribution in [0.2, 0.25) is 0 Å². The van der Waals surface area contributed by atoms with Crippen molar-refractivity contribution in [3.8, 4) is 0 Å².